The van der Waals surface area contributed by atoms with E-state index in [-0.39, 0.29) is 17.2 Å². The van der Waals surface area contributed by atoms with E-state index in [1.165, 1.54) is 29.7 Å². The molecule has 2 aromatic heterocycles. The van der Waals surface area contributed by atoms with E-state index < -0.39 is 0 Å². The molecule has 1 atom stereocenters. The van der Waals surface area contributed by atoms with Crippen molar-refractivity contribution in [2.75, 3.05) is 75.3 Å². The SMILES string of the molecule is Cn1nc(C(=O)N2CCN(c3ccc(N4CCN(CC5CCCO5)CC4)nn3)CC2)ccc1=O. The molecule has 0 N–H and O–H groups in total. The molecule has 0 aromatic carbocycles. The average Bonchev–Trinajstić information content (AvgIpc) is 3.39. The molecule has 2 aromatic rings. The molecular weight excluding hydrogens is 436 g/mol. The smallest absolute Gasteiger partial charge is 0.274 e. The third-order valence-corrected chi connectivity index (χ3v) is 6.89. The maximum Gasteiger partial charge on any atom is 0.274 e. The number of aryl methyl sites for hydroxylation is 1. The molecule has 3 fully saturated rings. The highest BCUT2D eigenvalue weighted by Crippen LogP contribution is 2.19. The lowest BCUT2D eigenvalue weighted by Crippen LogP contribution is -2.49. The number of piperazine rings is 2. The average molecular weight is 469 g/mol. The van der Waals surface area contributed by atoms with Gasteiger partial charge in [0.05, 0.1) is 6.10 Å². The Morgan fingerprint density at radius 1 is 0.941 bits per heavy atom. The number of hydrogen-bond donors (Lipinski definition) is 0. The van der Waals surface area contributed by atoms with E-state index in [4.69, 9.17) is 4.74 Å². The first-order chi connectivity index (χ1) is 16.6. The van der Waals surface area contributed by atoms with Crippen molar-refractivity contribution >= 4 is 17.5 Å². The van der Waals surface area contributed by atoms with Crippen molar-refractivity contribution in [3.63, 3.8) is 0 Å². The minimum atomic E-state index is -0.232. The summed E-state index contributed by atoms with van der Waals surface area (Å²) >= 11 is 0. The molecule has 0 bridgehead atoms. The van der Waals surface area contributed by atoms with Crippen LogP contribution < -0.4 is 15.4 Å². The van der Waals surface area contributed by atoms with Crippen molar-refractivity contribution in [1.82, 2.24) is 29.8 Å². The highest BCUT2D eigenvalue weighted by Gasteiger charge is 2.26. The Balaban J connectivity index is 1.11. The Labute approximate surface area is 198 Å². The molecule has 1 unspecified atom stereocenters. The van der Waals surface area contributed by atoms with Crippen LogP contribution in [0.4, 0.5) is 11.6 Å². The number of aromatic nitrogens is 4. The molecule has 182 valence electrons. The number of anilines is 2. The third kappa shape index (κ3) is 5.05. The predicted octanol–water partition coefficient (Wildman–Crippen LogP) is -0.166. The first-order valence-corrected chi connectivity index (χ1v) is 12.1. The number of rotatable bonds is 5. The molecule has 5 heterocycles. The Morgan fingerprint density at radius 2 is 1.59 bits per heavy atom. The maximum atomic E-state index is 12.7. The van der Waals surface area contributed by atoms with Crippen LogP contribution in [0.5, 0.6) is 0 Å². The van der Waals surface area contributed by atoms with E-state index in [2.05, 4.69) is 30.0 Å². The summed E-state index contributed by atoms with van der Waals surface area (Å²) in [5.74, 6) is 1.58. The minimum Gasteiger partial charge on any atom is -0.377 e. The topological polar surface area (TPSA) is 99.9 Å². The van der Waals surface area contributed by atoms with E-state index in [0.717, 1.165) is 51.0 Å². The van der Waals surface area contributed by atoms with Crippen LogP contribution in [0.3, 0.4) is 0 Å². The maximum absolute atomic E-state index is 12.7. The summed E-state index contributed by atoms with van der Waals surface area (Å²) in [5.41, 5.74) is 0.0551. The molecule has 0 radical (unpaired) electrons. The lowest BCUT2D eigenvalue weighted by atomic mass is 10.2. The largest absolute Gasteiger partial charge is 0.377 e. The van der Waals surface area contributed by atoms with E-state index >= 15 is 0 Å². The van der Waals surface area contributed by atoms with Gasteiger partial charge in [-0.25, -0.2) is 4.68 Å². The molecule has 3 aliphatic heterocycles. The van der Waals surface area contributed by atoms with E-state index in [0.29, 0.717) is 32.3 Å². The van der Waals surface area contributed by atoms with E-state index in [1.807, 2.05) is 12.1 Å². The lowest BCUT2D eigenvalue weighted by molar-refractivity contribution is 0.0712. The third-order valence-electron chi connectivity index (χ3n) is 6.89. The molecule has 11 heteroatoms. The fourth-order valence-corrected chi connectivity index (χ4v) is 4.81. The molecule has 0 spiro atoms. The molecule has 0 saturated carbocycles. The second-order valence-corrected chi connectivity index (χ2v) is 9.13. The second kappa shape index (κ2) is 10.1. The lowest BCUT2D eigenvalue weighted by Gasteiger charge is -2.37. The molecule has 3 saturated heterocycles. The normalized spacial score (nSPS) is 21.8. The van der Waals surface area contributed by atoms with Gasteiger partial charge in [-0.3, -0.25) is 14.5 Å². The quantitative estimate of drug-likeness (QED) is 0.592. The van der Waals surface area contributed by atoms with Crippen molar-refractivity contribution in [2.24, 2.45) is 7.05 Å². The van der Waals surface area contributed by atoms with Crippen molar-refractivity contribution in [1.29, 1.82) is 0 Å². The number of ether oxygens (including phenoxy) is 1. The molecule has 0 aliphatic carbocycles. The van der Waals surface area contributed by atoms with Crippen molar-refractivity contribution in [2.45, 2.75) is 18.9 Å². The van der Waals surface area contributed by atoms with Gasteiger partial charge in [-0.15, -0.1) is 10.2 Å². The van der Waals surface area contributed by atoms with Gasteiger partial charge in [-0.1, -0.05) is 0 Å². The zero-order valence-electron chi connectivity index (χ0n) is 19.7. The summed E-state index contributed by atoms with van der Waals surface area (Å²) in [4.78, 5) is 32.9. The number of carbonyl (C=O) groups is 1. The van der Waals surface area contributed by atoms with Gasteiger partial charge >= 0.3 is 0 Å². The Morgan fingerprint density at radius 3 is 2.15 bits per heavy atom. The first-order valence-electron chi connectivity index (χ1n) is 12.1. The van der Waals surface area contributed by atoms with Crippen molar-refractivity contribution < 1.29 is 9.53 Å². The minimum absolute atomic E-state index is 0.157. The zero-order valence-corrected chi connectivity index (χ0v) is 19.7. The highest BCUT2D eigenvalue weighted by atomic mass is 16.5. The van der Waals surface area contributed by atoms with Gasteiger partial charge in [0, 0.05) is 78.6 Å². The van der Waals surface area contributed by atoms with Crippen LogP contribution >= 0.6 is 0 Å². The second-order valence-electron chi connectivity index (χ2n) is 9.13. The van der Waals surface area contributed by atoms with Gasteiger partial charge in [-0.2, -0.15) is 5.10 Å². The van der Waals surface area contributed by atoms with Crippen molar-refractivity contribution in [3.8, 4) is 0 Å². The first kappa shape index (κ1) is 22.7. The molecular formula is C23H32N8O3. The standard InChI is InChI=1S/C23H32N8O3/c1-27-22(32)7-4-19(26-27)23(33)31-14-12-30(13-15-31)21-6-5-20(24-25-21)29-10-8-28(9-11-29)17-18-3-2-16-34-18/h4-7,18H,2-3,8-17H2,1H3. The molecule has 34 heavy (non-hydrogen) atoms. The fraction of sp³-hybridized carbons (Fsp3) is 0.609. The highest BCUT2D eigenvalue weighted by molar-refractivity contribution is 5.92. The number of hydrogen-bond acceptors (Lipinski definition) is 9. The molecule has 5 rings (SSSR count). The van der Waals surface area contributed by atoms with E-state index in [1.54, 1.807) is 11.9 Å². The van der Waals surface area contributed by atoms with Crippen LogP contribution in [0.25, 0.3) is 0 Å². The molecule has 3 aliphatic rings. The van der Waals surface area contributed by atoms with Crippen LogP contribution in [0.1, 0.15) is 23.3 Å². The zero-order chi connectivity index (χ0) is 23.5. The number of carbonyl (C=O) groups excluding carboxylic acids is 1. The molecule has 1 amide bonds. The van der Waals surface area contributed by atoms with Gasteiger partial charge in [0.2, 0.25) is 0 Å². The molecule has 11 nitrogen and oxygen atoms in total. The van der Waals surface area contributed by atoms with E-state index in [9.17, 15) is 9.59 Å². The van der Waals surface area contributed by atoms with Gasteiger partial charge in [0.1, 0.15) is 5.69 Å². The summed E-state index contributed by atoms with van der Waals surface area (Å²) in [7, 11) is 1.55. The fourth-order valence-electron chi connectivity index (χ4n) is 4.81. The van der Waals surface area contributed by atoms with Crippen LogP contribution in [-0.2, 0) is 11.8 Å². The van der Waals surface area contributed by atoms with Crippen LogP contribution in [0, 0.1) is 0 Å². The van der Waals surface area contributed by atoms with Gasteiger partial charge in [-0.05, 0) is 31.0 Å². The van der Waals surface area contributed by atoms with Gasteiger partial charge in [0.25, 0.3) is 11.5 Å². The summed E-state index contributed by atoms with van der Waals surface area (Å²) in [6.07, 6.45) is 2.77. The summed E-state index contributed by atoms with van der Waals surface area (Å²) in [6.45, 7) is 8.35. The number of nitrogens with zero attached hydrogens (tertiary/aromatic N) is 8. The summed E-state index contributed by atoms with van der Waals surface area (Å²) < 4.78 is 6.95. The van der Waals surface area contributed by atoms with Crippen LogP contribution in [0.15, 0.2) is 29.1 Å². The van der Waals surface area contributed by atoms with Gasteiger partial charge < -0.3 is 19.4 Å². The Kier molecular flexibility index (Phi) is 6.73. The Bertz CT molecular complexity index is 1040. The predicted molar refractivity (Wildman–Crippen MR) is 127 cm³/mol. The Hall–Kier alpha value is -3.05. The van der Waals surface area contributed by atoms with Crippen LogP contribution in [-0.4, -0.2) is 107 Å². The number of amides is 1. The van der Waals surface area contributed by atoms with Crippen molar-refractivity contribution in [3.05, 3.63) is 40.3 Å². The van der Waals surface area contributed by atoms with Gasteiger partial charge in [0.15, 0.2) is 11.6 Å². The summed E-state index contributed by atoms with van der Waals surface area (Å²) in [5, 5.41) is 13.0. The van der Waals surface area contributed by atoms with Crippen LogP contribution in [0.2, 0.25) is 0 Å². The summed E-state index contributed by atoms with van der Waals surface area (Å²) in [6, 6.07) is 6.93. The monoisotopic (exact) mass is 468 g/mol.